The summed E-state index contributed by atoms with van der Waals surface area (Å²) in [6.07, 6.45) is 6.31. The van der Waals surface area contributed by atoms with Gasteiger partial charge in [0.1, 0.15) is 10.7 Å². The van der Waals surface area contributed by atoms with E-state index in [2.05, 4.69) is 25.7 Å². The Hall–Kier alpha value is -2.54. The monoisotopic (exact) mass is 353 g/mol. The van der Waals surface area contributed by atoms with Crippen molar-refractivity contribution in [3.05, 3.63) is 46.9 Å². The molecule has 0 atom stereocenters. The minimum Gasteiger partial charge on any atom is -0.334 e. The number of nitrogens with zero attached hydrogens (tertiary/aromatic N) is 4. The number of nitrogens with one attached hydrogen (secondary N) is 1. The second-order valence-corrected chi connectivity index (χ2v) is 6.88. The summed E-state index contributed by atoms with van der Waals surface area (Å²) in [6.45, 7) is 3.02. The molecule has 1 aliphatic heterocycles. The zero-order valence-electron chi connectivity index (χ0n) is 14.0. The Balaban J connectivity index is 1.50. The molecule has 0 unspecified atom stereocenters. The van der Waals surface area contributed by atoms with Crippen LogP contribution < -0.4 is 5.32 Å². The Morgan fingerprint density at radius 2 is 2.12 bits per heavy atom. The highest BCUT2D eigenvalue weighted by molar-refractivity contribution is 7.08. The number of anilines is 1. The highest BCUT2D eigenvalue weighted by Crippen LogP contribution is 2.24. The minimum atomic E-state index is -0.156. The molecule has 1 N–H and O–H groups in total. The first-order valence-electron chi connectivity index (χ1n) is 8.53. The summed E-state index contributed by atoms with van der Waals surface area (Å²) in [5, 5.41) is 6.89. The van der Waals surface area contributed by atoms with Crippen molar-refractivity contribution in [3.8, 4) is 11.3 Å². The van der Waals surface area contributed by atoms with E-state index in [-0.39, 0.29) is 5.91 Å². The molecule has 0 bridgehead atoms. The molecular weight excluding hydrogens is 334 g/mol. The smallest absolute Gasteiger partial charge is 0.269 e. The standard InChI is InChI=1S/C18H19N5OS/c1-2-14-17(25-22-21-14)18(24)19-13-8-6-12(7-9-13)15-11-23-10-4-3-5-16(23)20-15/h6-9,11H,2-5,10H2,1H3,(H,19,24). The lowest BCUT2D eigenvalue weighted by molar-refractivity contribution is 0.102. The summed E-state index contributed by atoms with van der Waals surface area (Å²) in [5.74, 6) is 1.01. The Morgan fingerprint density at radius 3 is 2.88 bits per heavy atom. The van der Waals surface area contributed by atoms with Crippen LogP contribution in [0.5, 0.6) is 0 Å². The van der Waals surface area contributed by atoms with Gasteiger partial charge in [-0.3, -0.25) is 4.79 Å². The Bertz CT molecular complexity index is 873. The third kappa shape index (κ3) is 3.19. The Labute approximate surface area is 150 Å². The molecule has 0 radical (unpaired) electrons. The third-order valence-electron chi connectivity index (χ3n) is 4.44. The summed E-state index contributed by atoms with van der Waals surface area (Å²) in [7, 11) is 0. The lowest BCUT2D eigenvalue weighted by Gasteiger charge is -2.11. The highest BCUT2D eigenvalue weighted by Gasteiger charge is 2.16. The minimum absolute atomic E-state index is 0.156. The lowest BCUT2D eigenvalue weighted by atomic mass is 10.1. The fourth-order valence-electron chi connectivity index (χ4n) is 3.08. The molecule has 1 aromatic carbocycles. The van der Waals surface area contributed by atoms with Gasteiger partial charge in [0.25, 0.3) is 5.91 Å². The number of benzene rings is 1. The topological polar surface area (TPSA) is 72.7 Å². The van der Waals surface area contributed by atoms with Crippen LogP contribution in [0.3, 0.4) is 0 Å². The van der Waals surface area contributed by atoms with Crippen LogP contribution in [0, 0.1) is 0 Å². The zero-order valence-corrected chi connectivity index (χ0v) is 14.8. The molecule has 0 saturated heterocycles. The van der Waals surface area contributed by atoms with Crippen LogP contribution in [0.4, 0.5) is 5.69 Å². The summed E-state index contributed by atoms with van der Waals surface area (Å²) in [4.78, 5) is 17.7. The first kappa shape index (κ1) is 16.0. The fourth-order valence-corrected chi connectivity index (χ4v) is 3.72. The molecule has 0 spiro atoms. The summed E-state index contributed by atoms with van der Waals surface area (Å²) < 4.78 is 6.11. The molecule has 3 heterocycles. The van der Waals surface area contributed by atoms with Gasteiger partial charge in [-0.25, -0.2) is 4.98 Å². The molecular formula is C18H19N5OS. The van der Waals surface area contributed by atoms with E-state index in [1.54, 1.807) is 0 Å². The van der Waals surface area contributed by atoms with Gasteiger partial charge in [0.15, 0.2) is 0 Å². The molecule has 2 aromatic heterocycles. The second-order valence-electron chi connectivity index (χ2n) is 6.13. The molecule has 0 saturated carbocycles. The molecule has 4 rings (SSSR count). The summed E-state index contributed by atoms with van der Waals surface area (Å²) in [6, 6.07) is 7.81. The number of hydrogen-bond donors (Lipinski definition) is 1. The predicted molar refractivity (Wildman–Crippen MR) is 97.8 cm³/mol. The van der Waals surface area contributed by atoms with Crippen LogP contribution in [0.25, 0.3) is 11.3 Å². The van der Waals surface area contributed by atoms with E-state index < -0.39 is 0 Å². The molecule has 25 heavy (non-hydrogen) atoms. The molecule has 1 amide bonds. The van der Waals surface area contributed by atoms with E-state index in [0.29, 0.717) is 11.3 Å². The van der Waals surface area contributed by atoms with Crippen molar-refractivity contribution >= 4 is 23.1 Å². The summed E-state index contributed by atoms with van der Waals surface area (Å²) in [5.41, 5.74) is 3.55. The molecule has 6 nitrogen and oxygen atoms in total. The first-order valence-corrected chi connectivity index (χ1v) is 9.31. The van der Waals surface area contributed by atoms with Crippen LogP contribution >= 0.6 is 11.5 Å². The number of aryl methyl sites for hydroxylation is 3. The quantitative estimate of drug-likeness (QED) is 0.778. The average Bonchev–Trinajstić information content (AvgIpc) is 3.28. The Kier molecular flexibility index (Phi) is 4.31. The fraction of sp³-hybridized carbons (Fsp3) is 0.333. The number of fused-ring (bicyclic) bond motifs is 1. The number of imidazole rings is 1. The van der Waals surface area contributed by atoms with Gasteiger partial charge in [-0.05, 0) is 42.9 Å². The number of carbonyl (C=O) groups is 1. The van der Waals surface area contributed by atoms with Crippen molar-refractivity contribution in [3.63, 3.8) is 0 Å². The van der Waals surface area contributed by atoms with Crippen LogP contribution in [0.1, 0.15) is 41.0 Å². The van der Waals surface area contributed by atoms with Crippen LogP contribution in [-0.4, -0.2) is 25.0 Å². The highest BCUT2D eigenvalue weighted by atomic mass is 32.1. The molecule has 7 heteroatoms. The second kappa shape index (κ2) is 6.76. The van der Waals surface area contributed by atoms with Gasteiger partial charge in [0, 0.05) is 30.4 Å². The van der Waals surface area contributed by atoms with E-state index >= 15 is 0 Å². The maximum Gasteiger partial charge on any atom is 0.269 e. The van der Waals surface area contributed by atoms with Gasteiger partial charge in [-0.1, -0.05) is 23.5 Å². The van der Waals surface area contributed by atoms with E-state index in [0.717, 1.165) is 47.1 Å². The lowest BCUT2D eigenvalue weighted by Crippen LogP contribution is -2.12. The van der Waals surface area contributed by atoms with Crippen molar-refractivity contribution < 1.29 is 4.79 Å². The number of aromatic nitrogens is 4. The Morgan fingerprint density at radius 1 is 1.28 bits per heavy atom. The van der Waals surface area contributed by atoms with E-state index in [1.165, 1.54) is 18.7 Å². The zero-order chi connectivity index (χ0) is 17.2. The number of hydrogen-bond acceptors (Lipinski definition) is 5. The average molecular weight is 353 g/mol. The van der Waals surface area contributed by atoms with Crippen molar-refractivity contribution in [1.29, 1.82) is 0 Å². The van der Waals surface area contributed by atoms with Crippen LogP contribution in [0.2, 0.25) is 0 Å². The van der Waals surface area contributed by atoms with Crippen molar-refractivity contribution in [2.75, 3.05) is 5.32 Å². The molecule has 3 aromatic rings. The van der Waals surface area contributed by atoms with Gasteiger partial charge in [-0.15, -0.1) is 5.10 Å². The van der Waals surface area contributed by atoms with Crippen molar-refractivity contribution in [2.45, 2.75) is 39.2 Å². The van der Waals surface area contributed by atoms with Gasteiger partial charge in [0.2, 0.25) is 0 Å². The molecule has 0 fully saturated rings. The first-order chi connectivity index (χ1) is 12.2. The summed E-state index contributed by atoms with van der Waals surface area (Å²) >= 11 is 1.13. The van der Waals surface area contributed by atoms with Crippen LogP contribution in [-0.2, 0) is 19.4 Å². The van der Waals surface area contributed by atoms with Gasteiger partial charge < -0.3 is 9.88 Å². The van der Waals surface area contributed by atoms with Crippen molar-refractivity contribution in [2.24, 2.45) is 0 Å². The SMILES string of the molecule is CCc1nnsc1C(=O)Nc1ccc(-c2cn3c(n2)CCCC3)cc1. The normalized spacial score (nSPS) is 13.5. The maximum atomic E-state index is 12.3. The predicted octanol–water partition coefficient (Wildman–Crippen LogP) is 3.55. The molecule has 128 valence electrons. The number of rotatable bonds is 4. The van der Waals surface area contributed by atoms with Crippen molar-refractivity contribution in [1.82, 2.24) is 19.1 Å². The number of amides is 1. The van der Waals surface area contributed by atoms with Gasteiger partial charge >= 0.3 is 0 Å². The third-order valence-corrected chi connectivity index (χ3v) is 5.21. The molecule has 0 aliphatic carbocycles. The number of carbonyl (C=O) groups excluding carboxylic acids is 1. The largest absolute Gasteiger partial charge is 0.334 e. The maximum absolute atomic E-state index is 12.3. The molecule has 1 aliphatic rings. The van der Waals surface area contributed by atoms with Gasteiger partial charge in [-0.2, -0.15) is 0 Å². The van der Waals surface area contributed by atoms with Crippen LogP contribution in [0.15, 0.2) is 30.5 Å². The van der Waals surface area contributed by atoms with E-state index in [4.69, 9.17) is 4.98 Å². The van der Waals surface area contributed by atoms with E-state index in [9.17, 15) is 4.79 Å². The van der Waals surface area contributed by atoms with E-state index in [1.807, 2.05) is 31.2 Å². The van der Waals surface area contributed by atoms with Gasteiger partial charge in [0.05, 0.1) is 11.4 Å².